The highest BCUT2D eigenvalue weighted by atomic mass is 16.5. The summed E-state index contributed by atoms with van der Waals surface area (Å²) in [4.78, 5) is 4.41. The van der Waals surface area contributed by atoms with Gasteiger partial charge in [-0.2, -0.15) is 0 Å². The van der Waals surface area contributed by atoms with E-state index in [1.165, 1.54) is 44.9 Å². The molecule has 126 valence electrons. The molecule has 3 atom stereocenters. The third-order valence-corrected chi connectivity index (χ3v) is 6.17. The monoisotopic (exact) mass is 307 g/mol. The highest BCUT2D eigenvalue weighted by Crippen LogP contribution is 2.52. The fourth-order valence-corrected chi connectivity index (χ4v) is 4.86. The lowest BCUT2D eigenvalue weighted by molar-refractivity contribution is -0.106. The van der Waals surface area contributed by atoms with Crippen molar-refractivity contribution in [3.05, 3.63) is 0 Å². The fraction of sp³-hybridized carbons (Fsp3) is 0.944. The van der Waals surface area contributed by atoms with E-state index in [0.717, 1.165) is 25.0 Å². The minimum atomic E-state index is 0.211. The van der Waals surface area contributed by atoms with Crippen LogP contribution >= 0.6 is 0 Å². The van der Waals surface area contributed by atoms with Gasteiger partial charge in [0.25, 0.3) is 0 Å². The molecule has 22 heavy (non-hydrogen) atoms. The van der Waals surface area contributed by atoms with Crippen molar-refractivity contribution in [3.63, 3.8) is 0 Å². The third-order valence-electron chi connectivity index (χ3n) is 6.17. The highest BCUT2D eigenvalue weighted by molar-refractivity contribution is 5.80. The zero-order valence-corrected chi connectivity index (χ0v) is 14.5. The van der Waals surface area contributed by atoms with E-state index in [9.17, 15) is 0 Å². The maximum atomic E-state index is 5.87. The van der Waals surface area contributed by atoms with Crippen molar-refractivity contribution < 1.29 is 4.74 Å². The first-order chi connectivity index (χ1) is 10.6. The van der Waals surface area contributed by atoms with Gasteiger partial charge in [-0.05, 0) is 25.2 Å². The second kappa shape index (κ2) is 6.77. The molecule has 0 radical (unpaired) electrons. The first-order valence-corrected chi connectivity index (χ1v) is 9.21. The number of fused-ring (bicyclic) bond motifs is 1. The average Bonchev–Trinajstić information content (AvgIpc) is 3.16. The second-order valence-corrected chi connectivity index (χ2v) is 7.98. The summed E-state index contributed by atoms with van der Waals surface area (Å²) in [5, 5.41) is 7.16. The van der Waals surface area contributed by atoms with Crippen LogP contribution in [0.1, 0.15) is 58.8 Å². The number of aliphatic imine (C=N–C) groups is 1. The number of hydrogen-bond donors (Lipinski definition) is 2. The summed E-state index contributed by atoms with van der Waals surface area (Å²) in [5.41, 5.74) is 0.211. The molecule has 2 aliphatic carbocycles. The summed E-state index contributed by atoms with van der Waals surface area (Å²) in [7, 11) is 1.88. The number of nitrogens with one attached hydrogen (secondary N) is 2. The number of nitrogens with zero attached hydrogens (tertiary/aromatic N) is 1. The molecule has 3 aliphatic rings. The topological polar surface area (TPSA) is 45.7 Å². The molecule has 2 saturated carbocycles. The Kier molecular flexibility index (Phi) is 4.96. The van der Waals surface area contributed by atoms with E-state index in [1.807, 2.05) is 7.05 Å². The lowest BCUT2D eigenvalue weighted by atomic mass is 9.57. The molecule has 1 saturated heterocycles. The standard InChI is InChI=1S/C18H33N3O/c1-18(2)15(14-10-12-22-16(14)18)21-17(19-3)20-11-6-9-13-7-4-5-8-13/h13-16H,4-12H2,1-3H3,(H2,19,20,21). The quantitative estimate of drug-likeness (QED) is 0.466. The maximum absolute atomic E-state index is 5.87. The van der Waals surface area contributed by atoms with Crippen LogP contribution in [0, 0.1) is 17.3 Å². The molecule has 1 heterocycles. The van der Waals surface area contributed by atoms with Gasteiger partial charge in [-0.1, -0.05) is 39.5 Å². The number of ether oxygens (including phenoxy) is 1. The Labute approximate surface area is 135 Å². The Balaban J connectivity index is 1.40. The number of guanidine groups is 1. The summed E-state index contributed by atoms with van der Waals surface area (Å²) in [6.07, 6.45) is 10.0. The summed E-state index contributed by atoms with van der Waals surface area (Å²) >= 11 is 0. The lowest BCUT2D eigenvalue weighted by Gasteiger charge is -2.54. The van der Waals surface area contributed by atoms with Crippen LogP contribution < -0.4 is 10.6 Å². The lowest BCUT2D eigenvalue weighted by Crippen LogP contribution is -2.67. The van der Waals surface area contributed by atoms with Crippen LogP contribution in [0.4, 0.5) is 0 Å². The van der Waals surface area contributed by atoms with Gasteiger partial charge in [0, 0.05) is 37.6 Å². The van der Waals surface area contributed by atoms with Gasteiger partial charge in [0.2, 0.25) is 0 Å². The van der Waals surface area contributed by atoms with E-state index >= 15 is 0 Å². The molecule has 4 heteroatoms. The molecule has 0 aromatic heterocycles. The Morgan fingerprint density at radius 3 is 2.73 bits per heavy atom. The molecule has 0 spiro atoms. The summed E-state index contributed by atoms with van der Waals surface area (Å²) in [6, 6.07) is 0.487. The SMILES string of the molecule is CN=C(NCCCC1CCCC1)NC1C2CCOC2C1(C)C. The molecule has 0 bridgehead atoms. The Morgan fingerprint density at radius 2 is 2.00 bits per heavy atom. The van der Waals surface area contributed by atoms with Gasteiger partial charge < -0.3 is 15.4 Å². The van der Waals surface area contributed by atoms with Crippen LogP contribution in [0.15, 0.2) is 4.99 Å². The highest BCUT2D eigenvalue weighted by Gasteiger charge is 2.59. The molecule has 0 aromatic rings. The zero-order chi connectivity index (χ0) is 15.6. The normalized spacial score (nSPS) is 34.3. The van der Waals surface area contributed by atoms with Crippen molar-refractivity contribution in [2.75, 3.05) is 20.2 Å². The van der Waals surface area contributed by atoms with Crippen molar-refractivity contribution in [1.29, 1.82) is 0 Å². The first kappa shape index (κ1) is 16.1. The molecular formula is C18H33N3O. The largest absolute Gasteiger partial charge is 0.377 e. The van der Waals surface area contributed by atoms with Gasteiger partial charge in [0.1, 0.15) is 0 Å². The summed E-state index contributed by atoms with van der Waals surface area (Å²) in [6.45, 7) is 6.58. The second-order valence-electron chi connectivity index (χ2n) is 7.98. The maximum Gasteiger partial charge on any atom is 0.191 e. The molecule has 3 unspecified atom stereocenters. The van der Waals surface area contributed by atoms with Crippen LogP contribution in [0.3, 0.4) is 0 Å². The van der Waals surface area contributed by atoms with E-state index in [2.05, 4.69) is 29.5 Å². The molecule has 2 N–H and O–H groups in total. The van der Waals surface area contributed by atoms with Gasteiger partial charge in [-0.25, -0.2) is 0 Å². The zero-order valence-electron chi connectivity index (χ0n) is 14.5. The molecule has 0 aromatic carbocycles. The number of hydrogen-bond acceptors (Lipinski definition) is 2. The Morgan fingerprint density at radius 1 is 1.23 bits per heavy atom. The molecule has 0 amide bonds. The van der Waals surface area contributed by atoms with Crippen molar-refractivity contribution in [3.8, 4) is 0 Å². The molecular weight excluding hydrogens is 274 g/mol. The van der Waals surface area contributed by atoms with Crippen molar-refractivity contribution >= 4 is 5.96 Å². The van der Waals surface area contributed by atoms with Crippen molar-refractivity contribution in [2.45, 2.75) is 70.9 Å². The number of rotatable bonds is 5. The van der Waals surface area contributed by atoms with Gasteiger partial charge in [0.05, 0.1) is 6.10 Å². The third kappa shape index (κ3) is 3.12. The van der Waals surface area contributed by atoms with Gasteiger partial charge in [0.15, 0.2) is 5.96 Å². The van der Waals surface area contributed by atoms with E-state index < -0.39 is 0 Å². The van der Waals surface area contributed by atoms with Crippen LogP contribution in [0.2, 0.25) is 0 Å². The van der Waals surface area contributed by atoms with E-state index in [1.54, 1.807) is 0 Å². The van der Waals surface area contributed by atoms with Crippen molar-refractivity contribution in [2.24, 2.45) is 22.2 Å². The first-order valence-electron chi connectivity index (χ1n) is 9.21. The van der Waals surface area contributed by atoms with Crippen LogP contribution in [-0.2, 0) is 4.74 Å². The Hall–Kier alpha value is -0.770. The van der Waals surface area contributed by atoms with Gasteiger partial charge in [-0.15, -0.1) is 0 Å². The molecule has 4 nitrogen and oxygen atoms in total. The smallest absolute Gasteiger partial charge is 0.191 e. The minimum Gasteiger partial charge on any atom is -0.377 e. The predicted octanol–water partition coefficient (Wildman–Crippen LogP) is 2.94. The summed E-state index contributed by atoms with van der Waals surface area (Å²) < 4.78 is 5.87. The minimum absolute atomic E-state index is 0.211. The average molecular weight is 307 g/mol. The van der Waals surface area contributed by atoms with E-state index in [-0.39, 0.29) is 5.41 Å². The predicted molar refractivity (Wildman–Crippen MR) is 91.1 cm³/mol. The van der Waals surface area contributed by atoms with E-state index in [0.29, 0.717) is 18.1 Å². The fourth-order valence-electron chi connectivity index (χ4n) is 4.86. The van der Waals surface area contributed by atoms with Crippen LogP contribution in [-0.4, -0.2) is 38.3 Å². The van der Waals surface area contributed by atoms with Crippen LogP contribution in [0.25, 0.3) is 0 Å². The van der Waals surface area contributed by atoms with Gasteiger partial charge >= 0.3 is 0 Å². The van der Waals surface area contributed by atoms with Crippen LogP contribution in [0.5, 0.6) is 0 Å². The molecule has 3 rings (SSSR count). The van der Waals surface area contributed by atoms with E-state index in [4.69, 9.17) is 4.74 Å². The van der Waals surface area contributed by atoms with Crippen molar-refractivity contribution in [1.82, 2.24) is 10.6 Å². The van der Waals surface area contributed by atoms with Gasteiger partial charge in [-0.3, -0.25) is 4.99 Å². The summed E-state index contributed by atoms with van der Waals surface area (Å²) in [5.74, 6) is 2.61. The molecule has 1 aliphatic heterocycles. The Bertz CT molecular complexity index is 401. The molecule has 3 fully saturated rings.